The van der Waals surface area contributed by atoms with E-state index < -0.39 is 0 Å². The summed E-state index contributed by atoms with van der Waals surface area (Å²) in [7, 11) is 0. The Kier molecular flexibility index (Phi) is 11.7. The van der Waals surface area contributed by atoms with Crippen LogP contribution in [0.4, 0.5) is 5.69 Å². The van der Waals surface area contributed by atoms with Gasteiger partial charge in [-0.15, -0.1) is 0 Å². The van der Waals surface area contributed by atoms with Crippen molar-refractivity contribution in [2.24, 2.45) is 0 Å². The molecule has 0 saturated carbocycles. The molecule has 0 aliphatic rings. The number of hydrogen-bond donors (Lipinski definition) is 2. The van der Waals surface area contributed by atoms with E-state index in [4.69, 9.17) is 21.7 Å². The summed E-state index contributed by atoms with van der Waals surface area (Å²) in [6.45, 7) is 3.42. The van der Waals surface area contributed by atoms with Gasteiger partial charge in [-0.25, -0.2) is 0 Å². The molecule has 0 aromatic heterocycles. The predicted molar refractivity (Wildman–Crippen MR) is 154 cm³/mol. The average molecular weight is 570 g/mol. The van der Waals surface area contributed by atoms with Crippen molar-refractivity contribution >= 4 is 44.9 Å². The number of ether oxygens (including phenoxy) is 2. The van der Waals surface area contributed by atoms with Crippen LogP contribution in [0, 0.1) is 0 Å². The fourth-order valence-corrected chi connectivity index (χ4v) is 4.29. The van der Waals surface area contributed by atoms with Crippen LogP contribution in [-0.2, 0) is 6.42 Å². The number of rotatable bonds is 13. The minimum Gasteiger partial charge on any atom is -0.492 e. The zero-order valence-corrected chi connectivity index (χ0v) is 23.0. The Bertz CT molecular complexity index is 1120. The number of thiocarbonyl (C=S) groups is 1. The normalized spacial score (nSPS) is 10.5. The number of nitrogens with one attached hydrogen (secondary N) is 2. The maximum Gasteiger partial charge on any atom is 0.257 e. The standard InChI is InChI=1S/C29H33BrN2O3S/c1-2-3-4-10-19-34-26-18-17-23(21-24(26)30)28(33)32-29(36)31-25-15-8-9-16-27(25)35-20-11-14-22-12-6-5-7-13-22/h5-9,12-13,15-18,21H,2-4,10-11,14,19-20H2,1H3,(H2,31,32,33,36). The highest BCUT2D eigenvalue weighted by Crippen LogP contribution is 2.27. The van der Waals surface area contributed by atoms with Crippen LogP contribution in [-0.4, -0.2) is 24.2 Å². The van der Waals surface area contributed by atoms with Gasteiger partial charge in [0.15, 0.2) is 5.11 Å². The zero-order valence-electron chi connectivity index (χ0n) is 20.6. The lowest BCUT2D eigenvalue weighted by atomic mass is 10.1. The van der Waals surface area contributed by atoms with Crippen LogP contribution < -0.4 is 20.1 Å². The molecule has 7 heteroatoms. The van der Waals surface area contributed by atoms with Crippen molar-refractivity contribution in [1.29, 1.82) is 0 Å². The number of carbonyl (C=O) groups is 1. The minimum absolute atomic E-state index is 0.202. The van der Waals surface area contributed by atoms with Gasteiger partial charge in [-0.1, -0.05) is 68.7 Å². The second-order valence-corrected chi connectivity index (χ2v) is 9.66. The summed E-state index contributed by atoms with van der Waals surface area (Å²) in [5, 5.41) is 6.02. The molecule has 0 heterocycles. The highest BCUT2D eigenvalue weighted by Gasteiger charge is 2.12. The van der Waals surface area contributed by atoms with Gasteiger partial charge in [0.2, 0.25) is 0 Å². The summed E-state index contributed by atoms with van der Waals surface area (Å²) in [5.41, 5.74) is 2.47. The monoisotopic (exact) mass is 568 g/mol. The van der Waals surface area contributed by atoms with Gasteiger partial charge in [0.25, 0.3) is 5.91 Å². The first-order valence-corrected chi connectivity index (χ1v) is 13.6. The van der Waals surface area contributed by atoms with Crippen LogP contribution in [0.2, 0.25) is 0 Å². The van der Waals surface area contributed by atoms with E-state index in [0.717, 1.165) is 35.9 Å². The van der Waals surface area contributed by atoms with E-state index in [9.17, 15) is 4.79 Å². The molecular weight excluding hydrogens is 536 g/mol. The number of halogens is 1. The first-order chi connectivity index (χ1) is 17.6. The predicted octanol–water partition coefficient (Wildman–Crippen LogP) is 7.55. The summed E-state index contributed by atoms with van der Waals surface area (Å²) in [6.07, 6.45) is 6.41. The number of para-hydroxylation sites is 2. The van der Waals surface area contributed by atoms with E-state index in [-0.39, 0.29) is 11.0 Å². The number of anilines is 1. The maximum atomic E-state index is 12.7. The quantitative estimate of drug-likeness (QED) is 0.165. The van der Waals surface area contributed by atoms with Crippen molar-refractivity contribution in [3.05, 3.63) is 88.4 Å². The lowest BCUT2D eigenvalue weighted by Gasteiger charge is -2.15. The molecule has 3 aromatic rings. The molecule has 0 spiro atoms. The van der Waals surface area contributed by atoms with Gasteiger partial charge in [-0.2, -0.15) is 0 Å². The Hall–Kier alpha value is -2.90. The Balaban J connectivity index is 1.48. The number of carbonyl (C=O) groups excluding carboxylic acids is 1. The van der Waals surface area contributed by atoms with Crippen LogP contribution in [0.5, 0.6) is 11.5 Å². The molecule has 0 atom stereocenters. The summed E-state index contributed by atoms with van der Waals surface area (Å²) in [4.78, 5) is 12.7. The van der Waals surface area contributed by atoms with Gasteiger partial charge in [0, 0.05) is 5.56 Å². The molecule has 3 rings (SSSR count). The SMILES string of the molecule is CCCCCCOc1ccc(C(=O)NC(=S)Nc2ccccc2OCCCc2ccccc2)cc1Br. The second-order valence-electron chi connectivity index (χ2n) is 8.40. The van der Waals surface area contributed by atoms with Crippen molar-refractivity contribution in [1.82, 2.24) is 5.32 Å². The Morgan fingerprint density at radius 3 is 2.36 bits per heavy atom. The Labute approximate surface area is 227 Å². The van der Waals surface area contributed by atoms with Crippen LogP contribution in [0.15, 0.2) is 77.3 Å². The maximum absolute atomic E-state index is 12.7. The molecule has 0 aliphatic carbocycles. The number of amides is 1. The van der Waals surface area contributed by atoms with Gasteiger partial charge in [0.05, 0.1) is 23.4 Å². The second kappa shape index (κ2) is 15.3. The Morgan fingerprint density at radius 1 is 0.861 bits per heavy atom. The third kappa shape index (κ3) is 9.28. The Morgan fingerprint density at radius 2 is 1.58 bits per heavy atom. The third-order valence-corrected chi connectivity index (χ3v) is 6.35. The molecule has 190 valence electrons. The molecule has 0 radical (unpaired) electrons. The number of benzene rings is 3. The first kappa shape index (κ1) is 27.7. The molecule has 2 N–H and O–H groups in total. The van der Waals surface area contributed by atoms with Crippen molar-refractivity contribution in [3.8, 4) is 11.5 Å². The highest BCUT2D eigenvalue weighted by molar-refractivity contribution is 9.10. The van der Waals surface area contributed by atoms with Crippen LogP contribution in [0.25, 0.3) is 0 Å². The molecular formula is C29H33BrN2O3S. The third-order valence-electron chi connectivity index (χ3n) is 5.52. The van der Waals surface area contributed by atoms with E-state index in [1.165, 1.54) is 18.4 Å². The molecule has 0 saturated heterocycles. The summed E-state index contributed by atoms with van der Waals surface area (Å²) in [6, 6.07) is 23.2. The number of unbranched alkanes of at least 4 members (excludes halogenated alkanes) is 3. The first-order valence-electron chi connectivity index (χ1n) is 12.4. The van der Waals surface area contributed by atoms with Crippen LogP contribution in [0.1, 0.15) is 54.9 Å². The molecule has 0 unspecified atom stereocenters. The highest BCUT2D eigenvalue weighted by atomic mass is 79.9. The van der Waals surface area contributed by atoms with E-state index in [2.05, 4.69) is 45.6 Å². The van der Waals surface area contributed by atoms with Gasteiger partial charge in [-0.05, 0) is 83.3 Å². The van der Waals surface area contributed by atoms with E-state index in [1.54, 1.807) is 18.2 Å². The van der Waals surface area contributed by atoms with Crippen LogP contribution >= 0.6 is 28.1 Å². The number of hydrogen-bond acceptors (Lipinski definition) is 4. The average Bonchev–Trinajstić information content (AvgIpc) is 2.88. The summed E-state index contributed by atoms with van der Waals surface area (Å²) >= 11 is 8.89. The molecule has 1 amide bonds. The van der Waals surface area contributed by atoms with E-state index in [0.29, 0.717) is 30.2 Å². The smallest absolute Gasteiger partial charge is 0.257 e. The molecule has 5 nitrogen and oxygen atoms in total. The fraction of sp³-hybridized carbons (Fsp3) is 0.310. The zero-order chi connectivity index (χ0) is 25.6. The van der Waals surface area contributed by atoms with Crippen LogP contribution in [0.3, 0.4) is 0 Å². The molecule has 0 bridgehead atoms. The van der Waals surface area contributed by atoms with Crippen molar-refractivity contribution in [2.45, 2.75) is 45.4 Å². The van der Waals surface area contributed by atoms with Gasteiger partial charge < -0.3 is 14.8 Å². The molecule has 0 aliphatic heterocycles. The van der Waals surface area contributed by atoms with Gasteiger partial charge in [0.1, 0.15) is 11.5 Å². The van der Waals surface area contributed by atoms with Gasteiger partial charge in [-0.3, -0.25) is 10.1 Å². The molecule has 0 fully saturated rings. The lowest BCUT2D eigenvalue weighted by Crippen LogP contribution is -2.34. The summed E-state index contributed by atoms with van der Waals surface area (Å²) in [5.74, 6) is 1.11. The minimum atomic E-state index is -0.302. The fourth-order valence-electron chi connectivity index (χ4n) is 3.60. The lowest BCUT2D eigenvalue weighted by molar-refractivity contribution is 0.0977. The van der Waals surface area contributed by atoms with Crippen molar-refractivity contribution < 1.29 is 14.3 Å². The van der Waals surface area contributed by atoms with E-state index in [1.807, 2.05) is 42.5 Å². The van der Waals surface area contributed by atoms with Crippen molar-refractivity contribution in [3.63, 3.8) is 0 Å². The van der Waals surface area contributed by atoms with Gasteiger partial charge >= 0.3 is 0 Å². The topological polar surface area (TPSA) is 59.6 Å². The number of aryl methyl sites for hydroxylation is 1. The molecule has 36 heavy (non-hydrogen) atoms. The van der Waals surface area contributed by atoms with Crippen molar-refractivity contribution in [2.75, 3.05) is 18.5 Å². The van der Waals surface area contributed by atoms with E-state index >= 15 is 0 Å². The largest absolute Gasteiger partial charge is 0.492 e. The molecule has 3 aromatic carbocycles. The summed E-state index contributed by atoms with van der Waals surface area (Å²) < 4.78 is 12.5.